The summed E-state index contributed by atoms with van der Waals surface area (Å²) < 4.78 is 51.2. The number of methoxy groups -OCH3 is 1. The monoisotopic (exact) mass is 379 g/mol. The van der Waals surface area contributed by atoms with Gasteiger partial charge in [0, 0.05) is 4.92 Å². The molecular formula is C16H24F3NO4Si. The van der Waals surface area contributed by atoms with Crippen LogP contribution in [0.3, 0.4) is 0 Å². The number of nitro groups is 1. The molecule has 0 aliphatic heterocycles. The normalized spacial score (nSPS) is 15.6. The molecule has 9 heteroatoms. The second-order valence-electron chi connectivity index (χ2n) is 7.35. The molecule has 0 aliphatic carbocycles. The van der Waals surface area contributed by atoms with Crippen LogP contribution in [0, 0.1) is 10.1 Å². The van der Waals surface area contributed by atoms with Crippen molar-refractivity contribution in [2.75, 3.05) is 7.11 Å². The average molecular weight is 379 g/mol. The molecule has 142 valence electrons. The van der Waals surface area contributed by atoms with Gasteiger partial charge in [0.05, 0.1) is 7.11 Å². The summed E-state index contributed by atoms with van der Waals surface area (Å²) in [5.41, 5.74) is 0.0724. The lowest BCUT2D eigenvalue weighted by atomic mass is 10.0. The molecule has 0 aliphatic rings. The lowest BCUT2D eigenvalue weighted by molar-refractivity contribution is -0.574. The number of hydrogen-bond donors (Lipinski definition) is 0. The van der Waals surface area contributed by atoms with Gasteiger partial charge in [-0.25, -0.2) is 0 Å². The Morgan fingerprint density at radius 1 is 1.20 bits per heavy atom. The van der Waals surface area contributed by atoms with E-state index in [2.05, 4.69) is 0 Å². The summed E-state index contributed by atoms with van der Waals surface area (Å²) >= 11 is 0. The third-order valence-electron chi connectivity index (χ3n) is 4.50. The molecule has 2 atom stereocenters. The Balaban J connectivity index is 3.47. The molecule has 1 aromatic rings. The first-order valence-electron chi connectivity index (χ1n) is 7.72. The van der Waals surface area contributed by atoms with E-state index in [1.54, 1.807) is 19.2 Å². The molecule has 1 rings (SSSR count). The summed E-state index contributed by atoms with van der Waals surface area (Å²) in [7, 11) is -1.34. The van der Waals surface area contributed by atoms with E-state index in [1.165, 1.54) is 25.3 Å². The van der Waals surface area contributed by atoms with Gasteiger partial charge in [-0.05, 0) is 35.8 Å². The van der Waals surface area contributed by atoms with Crippen molar-refractivity contribution in [3.05, 3.63) is 39.9 Å². The Hall–Kier alpha value is -1.61. The topological polar surface area (TPSA) is 61.6 Å². The highest BCUT2D eigenvalue weighted by Gasteiger charge is 2.57. The first-order chi connectivity index (χ1) is 11.2. The Labute approximate surface area is 146 Å². The van der Waals surface area contributed by atoms with Crippen molar-refractivity contribution in [3.63, 3.8) is 0 Å². The van der Waals surface area contributed by atoms with Gasteiger partial charge in [0.2, 0.25) is 0 Å². The number of halogens is 3. The maximum Gasteiger partial charge on any atom is 0.460 e. The van der Waals surface area contributed by atoms with E-state index in [4.69, 9.17) is 9.16 Å². The Morgan fingerprint density at radius 3 is 2.16 bits per heavy atom. The van der Waals surface area contributed by atoms with Crippen LogP contribution in [0.25, 0.3) is 0 Å². The van der Waals surface area contributed by atoms with Crippen LogP contribution >= 0.6 is 0 Å². The van der Waals surface area contributed by atoms with E-state index >= 15 is 0 Å². The van der Waals surface area contributed by atoms with Crippen LogP contribution in [0.5, 0.6) is 5.75 Å². The van der Waals surface area contributed by atoms with Gasteiger partial charge < -0.3 is 9.16 Å². The lowest BCUT2D eigenvalue weighted by Gasteiger charge is -2.40. The summed E-state index contributed by atoms with van der Waals surface area (Å²) in [5, 5.41) is 10.8. The first kappa shape index (κ1) is 21.4. The van der Waals surface area contributed by atoms with E-state index in [1.807, 2.05) is 20.8 Å². The molecule has 0 unspecified atom stereocenters. The standard InChI is InChI=1S/C16H24F3NO4Si/c1-15(2,3)25(5,6)24-13(14(20(21)22)16(17,18)19)11-8-7-9-12(10-11)23-4/h7-10,13-14H,1-6H3/t13-,14-/m1/s1. The third-order valence-corrected chi connectivity index (χ3v) is 8.95. The second-order valence-corrected chi connectivity index (χ2v) is 12.1. The zero-order chi connectivity index (χ0) is 19.6. The van der Waals surface area contributed by atoms with Crippen molar-refractivity contribution in [1.82, 2.24) is 0 Å². The number of benzene rings is 1. The molecule has 0 saturated carbocycles. The average Bonchev–Trinajstić information content (AvgIpc) is 2.43. The van der Waals surface area contributed by atoms with Crippen molar-refractivity contribution in [2.24, 2.45) is 0 Å². The van der Waals surface area contributed by atoms with Gasteiger partial charge in [-0.2, -0.15) is 13.2 Å². The summed E-state index contributed by atoms with van der Waals surface area (Å²) in [5.74, 6) is 0.311. The third kappa shape index (κ3) is 5.18. The van der Waals surface area contributed by atoms with Crippen molar-refractivity contribution in [1.29, 1.82) is 0 Å². The van der Waals surface area contributed by atoms with Gasteiger partial charge in [-0.15, -0.1) is 0 Å². The predicted molar refractivity (Wildman–Crippen MR) is 90.9 cm³/mol. The second kappa shape index (κ2) is 7.33. The van der Waals surface area contributed by atoms with E-state index < -0.39 is 36.6 Å². The van der Waals surface area contributed by atoms with Gasteiger partial charge in [-0.1, -0.05) is 32.9 Å². The predicted octanol–water partition coefficient (Wildman–Crippen LogP) is 4.97. The lowest BCUT2D eigenvalue weighted by Crippen LogP contribution is -2.49. The summed E-state index contributed by atoms with van der Waals surface area (Å²) in [6, 6.07) is 2.93. The molecular weight excluding hydrogens is 355 g/mol. The van der Waals surface area contributed by atoms with E-state index in [0.717, 1.165) is 0 Å². The maximum absolute atomic E-state index is 13.4. The highest BCUT2D eigenvalue weighted by atomic mass is 28.4. The fourth-order valence-corrected chi connectivity index (χ4v) is 3.28. The van der Waals surface area contributed by atoms with Crippen LogP contribution < -0.4 is 4.74 Å². The van der Waals surface area contributed by atoms with Crippen molar-refractivity contribution < 1.29 is 27.3 Å². The number of ether oxygens (including phenoxy) is 1. The smallest absolute Gasteiger partial charge is 0.460 e. The molecule has 0 saturated heterocycles. The largest absolute Gasteiger partial charge is 0.497 e. The molecule has 5 nitrogen and oxygen atoms in total. The quantitative estimate of drug-likeness (QED) is 0.398. The molecule has 0 radical (unpaired) electrons. The van der Waals surface area contributed by atoms with Gasteiger partial charge in [0.1, 0.15) is 11.9 Å². The molecule has 0 fully saturated rings. The first-order valence-corrected chi connectivity index (χ1v) is 10.6. The molecule has 0 N–H and O–H groups in total. The number of nitrogens with zero attached hydrogens (tertiary/aromatic N) is 1. The Morgan fingerprint density at radius 2 is 1.76 bits per heavy atom. The van der Waals surface area contributed by atoms with Crippen LogP contribution in [0.1, 0.15) is 32.4 Å². The number of rotatable bonds is 6. The highest BCUT2D eigenvalue weighted by Crippen LogP contribution is 2.43. The number of alkyl halides is 3. The summed E-state index contributed by atoms with van der Waals surface area (Å²) in [6.07, 6.45) is -6.79. The van der Waals surface area contributed by atoms with Gasteiger partial charge in [0.25, 0.3) is 0 Å². The molecule has 1 aromatic carbocycles. The SMILES string of the molecule is COc1cccc([C@@H](O[Si](C)(C)C(C)(C)C)[C@@H]([N+](=O)[O-])C(F)(F)F)c1. The number of hydrogen-bond acceptors (Lipinski definition) is 4. The molecule has 25 heavy (non-hydrogen) atoms. The summed E-state index contributed by atoms with van der Waals surface area (Å²) in [6.45, 7) is 9.09. The Bertz CT molecular complexity index is 614. The fourth-order valence-electron chi connectivity index (χ4n) is 2.03. The van der Waals surface area contributed by atoms with E-state index in [0.29, 0.717) is 5.75 Å². The van der Waals surface area contributed by atoms with Gasteiger partial charge in [0.15, 0.2) is 8.32 Å². The van der Waals surface area contributed by atoms with Crippen molar-refractivity contribution in [3.8, 4) is 5.75 Å². The fraction of sp³-hybridized carbons (Fsp3) is 0.625. The van der Waals surface area contributed by atoms with Crippen LogP contribution in [0.4, 0.5) is 13.2 Å². The Kier molecular flexibility index (Phi) is 6.28. The van der Waals surface area contributed by atoms with Gasteiger partial charge in [-0.3, -0.25) is 10.1 Å². The van der Waals surface area contributed by atoms with Crippen LogP contribution in [0.2, 0.25) is 18.1 Å². The van der Waals surface area contributed by atoms with E-state index in [9.17, 15) is 23.3 Å². The molecule has 0 bridgehead atoms. The molecule has 0 aromatic heterocycles. The van der Waals surface area contributed by atoms with E-state index in [-0.39, 0.29) is 5.56 Å². The van der Waals surface area contributed by atoms with Crippen molar-refractivity contribution >= 4 is 8.32 Å². The van der Waals surface area contributed by atoms with Crippen LogP contribution in [-0.2, 0) is 4.43 Å². The minimum absolute atomic E-state index is 0.0724. The highest BCUT2D eigenvalue weighted by molar-refractivity contribution is 6.74. The van der Waals surface area contributed by atoms with Gasteiger partial charge >= 0.3 is 12.2 Å². The van der Waals surface area contributed by atoms with Crippen molar-refractivity contribution in [2.45, 2.75) is 57.2 Å². The zero-order valence-electron chi connectivity index (χ0n) is 15.2. The van der Waals surface area contributed by atoms with Crippen LogP contribution in [0.15, 0.2) is 24.3 Å². The molecule has 0 spiro atoms. The minimum atomic E-state index is -5.04. The summed E-state index contributed by atoms with van der Waals surface area (Å²) in [4.78, 5) is 9.92. The molecule has 0 heterocycles. The minimum Gasteiger partial charge on any atom is -0.497 e. The molecule has 0 amide bonds. The maximum atomic E-state index is 13.4. The van der Waals surface area contributed by atoms with Crippen LogP contribution in [-0.4, -0.2) is 32.6 Å². The zero-order valence-corrected chi connectivity index (χ0v) is 16.2.